The van der Waals surface area contributed by atoms with Crippen molar-refractivity contribution >= 4 is 21.8 Å². The Morgan fingerprint density at radius 1 is 1.05 bits per heavy atom. The lowest BCUT2D eigenvalue weighted by molar-refractivity contribution is -0.130. The SMILES string of the molecule is O=C(Cc1cccc(O)c1)N(CCBr)Cc1ccccc1. The van der Waals surface area contributed by atoms with Crippen molar-refractivity contribution < 1.29 is 9.90 Å². The highest BCUT2D eigenvalue weighted by Gasteiger charge is 2.14. The number of hydrogen-bond acceptors (Lipinski definition) is 2. The van der Waals surface area contributed by atoms with Gasteiger partial charge in [0.05, 0.1) is 6.42 Å². The molecule has 2 rings (SSSR count). The largest absolute Gasteiger partial charge is 0.508 e. The fourth-order valence-electron chi connectivity index (χ4n) is 2.15. The van der Waals surface area contributed by atoms with Crippen LogP contribution in [-0.2, 0) is 17.8 Å². The van der Waals surface area contributed by atoms with Crippen LogP contribution in [0.25, 0.3) is 0 Å². The molecule has 1 amide bonds. The minimum absolute atomic E-state index is 0.0592. The third kappa shape index (κ3) is 4.90. The van der Waals surface area contributed by atoms with Gasteiger partial charge >= 0.3 is 0 Å². The van der Waals surface area contributed by atoms with Gasteiger partial charge in [0.15, 0.2) is 0 Å². The van der Waals surface area contributed by atoms with Crippen molar-refractivity contribution in [1.82, 2.24) is 4.90 Å². The molecule has 0 saturated carbocycles. The summed E-state index contributed by atoms with van der Waals surface area (Å²) >= 11 is 3.39. The molecule has 0 aromatic heterocycles. The Balaban J connectivity index is 2.05. The van der Waals surface area contributed by atoms with Crippen LogP contribution in [0.15, 0.2) is 54.6 Å². The van der Waals surface area contributed by atoms with Crippen molar-refractivity contribution in [3.63, 3.8) is 0 Å². The molecule has 0 aliphatic rings. The number of carbonyl (C=O) groups is 1. The highest BCUT2D eigenvalue weighted by atomic mass is 79.9. The van der Waals surface area contributed by atoms with Gasteiger partial charge in [0, 0.05) is 18.4 Å². The number of aromatic hydroxyl groups is 1. The van der Waals surface area contributed by atoms with Gasteiger partial charge < -0.3 is 10.0 Å². The van der Waals surface area contributed by atoms with Gasteiger partial charge in [-0.3, -0.25) is 4.79 Å². The van der Waals surface area contributed by atoms with Crippen molar-refractivity contribution in [2.45, 2.75) is 13.0 Å². The quantitative estimate of drug-likeness (QED) is 0.814. The maximum Gasteiger partial charge on any atom is 0.227 e. The standard InChI is InChI=1S/C17H18BrNO2/c18-9-10-19(13-14-5-2-1-3-6-14)17(21)12-15-7-4-8-16(20)11-15/h1-8,11,20H,9-10,12-13H2. The summed E-state index contributed by atoms with van der Waals surface area (Å²) in [5.74, 6) is 0.249. The monoisotopic (exact) mass is 347 g/mol. The molecule has 0 radical (unpaired) electrons. The van der Waals surface area contributed by atoms with Gasteiger partial charge in [-0.05, 0) is 23.3 Å². The number of benzene rings is 2. The predicted molar refractivity (Wildman–Crippen MR) is 87.5 cm³/mol. The second-order valence-corrected chi connectivity index (χ2v) is 5.63. The molecule has 0 saturated heterocycles. The van der Waals surface area contributed by atoms with E-state index in [1.165, 1.54) is 0 Å². The molecule has 0 aliphatic heterocycles. The normalized spacial score (nSPS) is 10.3. The lowest BCUT2D eigenvalue weighted by Gasteiger charge is -2.22. The molecule has 0 aliphatic carbocycles. The van der Waals surface area contributed by atoms with E-state index in [0.29, 0.717) is 19.5 Å². The van der Waals surface area contributed by atoms with Crippen molar-refractivity contribution in [3.8, 4) is 5.75 Å². The number of nitrogens with zero attached hydrogens (tertiary/aromatic N) is 1. The van der Waals surface area contributed by atoms with E-state index in [1.807, 2.05) is 41.3 Å². The average Bonchev–Trinajstić information content (AvgIpc) is 2.48. The number of amides is 1. The van der Waals surface area contributed by atoms with Crippen LogP contribution in [0.3, 0.4) is 0 Å². The van der Waals surface area contributed by atoms with Gasteiger partial charge in [-0.25, -0.2) is 0 Å². The third-order valence-corrected chi connectivity index (χ3v) is 3.54. The highest BCUT2D eigenvalue weighted by Crippen LogP contribution is 2.13. The van der Waals surface area contributed by atoms with Crippen molar-refractivity contribution in [2.75, 3.05) is 11.9 Å². The number of alkyl halides is 1. The first-order chi connectivity index (χ1) is 10.2. The second-order valence-electron chi connectivity index (χ2n) is 4.84. The van der Waals surface area contributed by atoms with Crippen LogP contribution in [-0.4, -0.2) is 27.8 Å². The van der Waals surface area contributed by atoms with Crippen LogP contribution in [0.2, 0.25) is 0 Å². The first-order valence-corrected chi connectivity index (χ1v) is 7.97. The smallest absolute Gasteiger partial charge is 0.227 e. The Labute approximate surface area is 133 Å². The molecular weight excluding hydrogens is 330 g/mol. The molecule has 0 heterocycles. The van der Waals surface area contributed by atoms with E-state index in [0.717, 1.165) is 16.5 Å². The molecule has 0 bridgehead atoms. The summed E-state index contributed by atoms with van der Waals surface area (Å²) in [6.07, 6.45) is 0.300. The molecule has 2 aromatic rings. The second kappa shape index (κ2) is 7.84. The first-order valence-electron chi connectivity index (χ1n) is 6.84. The van der Waals surface area contributed by atoms with E-state index in [9.17, 15) is 9.90 Å². The van der Waals surface area contributed by atoms with Crippen LogP contribution in [0, 0.1) is 0 Å². The van der Waals surface area contributed by atoms with E-state index >= 15 is 0 Å². The van der Waals surface area contributed by atoms with E-state index in [-0.39, 0.29) is 11.7 Å². The van der Waals surface area contributed by atoms with Gasteiger partial charge in [-0.2, -0.15) is 0 Å². The molecule has 21 heavy (non-hydrogen) atoms. The third-order valence-electron chi connectivity index (χ3n) is 3.19. The van der Waals surface area contributed by atoms with Crippen LogP contribution in [0.4, 0.5) is 0 Å². The minimum atomic E-state index is 0.0592. The van der Waals surface area contributed by atoms with Crippen molar-refractivity contribution in [1.29, 1.82) is 0 Å². The zero-order chi connectivity index (χ0) is 15.1. The minimum Gasteiger partial charge on any atom is -0.508 e. The van der Waals surface area contributed by atoms with Gasteiger partial charge in [-0.15, -0.1) is 0 Å². The Morgan fingerprint density at radius 2 is 1.76 bits per heavy atom. The number of phenolic OH excluding ortho intramolecular Hbond substituents is 1. The lowest BCUT2D eigenvalue weighted by Crippen LogP contribution is -2.33. The summed E-state index contributed by atoms with van der Waals surface area (Å²) in [6.45, 7) is 1.26. The number of phenols is 1. The Bertz CT molecular complexity index is 586. The Morgan fingerprint density at radius 3 is 2.43 bits per heavy atom. The summed E-state index contributed by atoms with van der Waals surface area (Å²) in [4.78, 5) is 14.3. The summed E-state index contributed by atoms with van der Waals surface area (Å²) in [5, 5.41) is 10.2. The lowest BCUT2D eigenvalue weighted by atomic mass is 10.1. The molecule has 1 N–H and O–H groups in total. The van der Waals surface area contributed by atoms with Crippen LogP contribution in [0.5, 0.6) is 5.75 Å². The van der Waals surface area contributed by atoms with Crippen LogP contribution in [0.1, 0.15) is 11.1 Å². The molecule has 110 valence electrons. The fourth-order valence-corrected chi connectivity index (χ4v) is 2.58. The first kappa shape index (κ1) is 15.6. The molecule has 4 heteroatoms. The van der Waals surface area contributed by atoms with Gasteiger partial charge in [0.1, 0.15) is 5.75 Å². The van der Waals surface area contributed by atoms with Crippen LogP contribution >= 0.6 is 15.9 Å². The zero-order valence-corrected chi connectivity index (χ0v) is 13.3. The molecule has 0 unspecified atom stereocenters. The fraction of sp³-hybridized carbons (Fsp3) is 0.235. The van der Waals surface area contributed by atoms with E-state index < -0.39 is 0 Å². The van der Waals surface area contributed by atoms with E-state index in [1.54, 1.807) is 18.2 Å². The molecule has 0 spiro atoms. The van der Waals surface area contributed by atoms with E-state index in [4.69, 9.17) is 0 Å². The van der Waals surface area contributed by atoms with Gasteiger partial charge in [0.25, 0.3) is 0 Å². The number of carbonyl (C=O) groups excluding carboxylic acids is 1. The molecule has 0 atom stereocenters. The summed E-state index contributed by atoms with van der Waals surface area (Å²) in [7, 11) is 0. The number of halogens is 1. The molecule has 0 fully saturated rings. The topological polar surface area (TPSA) is 40.5 Å². The zero-order valence-electron chi connectivity index (χ0n) is 11.7. The Hall–Kier alpha value is -1.81. The average molecular weight is 348 g/mol. The maximum atomic E-state index is 12.4. The predicted octanol–water partition coefficient (Wildman–Crippen LogP) is 3.36. The van der Waals surface area contributed by atoms with Gasteiger partial charge in [-0.1, -0.05) is 58.4 Å². The van der Waals surface area contributed by atoms with Crippen molar-refractivity contribution in [2.24, 2.45) is 0 Å². The summed E-state index contributed by atoms with van der Waals surface area (Å²) in [5.41, 5.74) is 1.94. The van der Waals surface area contributed by atoms with Gasteiger partial charge in [0.2, 0.25) is 5.91 Å². The molecule has 3 nitrogen and oxygen atoms in total. The summed E-state index contributed by atoms with van der Waals surface area (Å²) < 4.78 is 0. The molecular formula is C17H18BrNO2. The maximum absolute atomic E-state index is 12.4. The number of hydrogen-bond donors (Lipinski definition) is 1. The van der Waals surface area contributed by atoms with E-state index in [2.05, 4.69) is 15.9 Å². The Kier molecular flexibility index (Phi) is 5.81. The van der Waals surface area contributed by atoms with Crippen LogP contribution < -0.4 is 0 Å². The molecule has 2 aromatic carbocycles. The van der Waals surface area contributed by atoms with Crippen molar-refractivity contribution in [3.05, 3.63) is 65.7 Å². The number of rotatable bonds is 6. The summed E-state index contributed by atoms with van der Waals surface area (Å²) in [6, 6.07) is 16.8. The highest BCUT2D eigenvalue weighted by molar-refractivity contribution is 9.09.